The van der Waals surface area contributed by atoms with Crippen LogP contribution < -0.4 is 0 Å². The summed E-state index contributed by atoms with van der Waals surface area (Å²) in [7, 11) is 0. The molecule has 0 aromatic rings. The Hall–Kier alpha value is -0.410. The molecule has 2 saturated heterocycles. The normalized spacial score (nSPS) is 58.8. The molecule has 0 bridgehead atoms. The van der Waals surface area contributed by atoms with Crippen molar-refractivity contribution in [3.63, 3.8) is 0 Å². The van der Waals surface area contributed by atoms with Crippen molar-refractivity contribution in [2.45, 2.75) is 44.0 Å². The van der Waals surface area contributed by atoms with Crippen LogP contribution in [0.5, 0.6) is 0 Å². The standard InChI is InChI=1S/C10H14O3/c1-9(5-12-9)6-3-7(11)10(2)8(4-6)13-10/h6,8H,3-5H2,1-2H3/t6-,8-,9-,10+/m1/s1. The Morgan fingerprint density at radius 3 is 2.69 bits per heavy atom. The number of fused-ring (bicyclic) bond motifs is 1. The van der Waals surface area contributed by atoms with Crippen LogP contribution in [0.4, 0.5) is 0 Å². The summed E-state index contributed by atoms with van der Waals surface area (Å²) in [5, 5.41) is 0. The molecule has 13 heavy (non-hydrogen) atoms. The van der Waals surface area contributed by atoms with Crippen LogP contribution in [0.25, 0.3) is 0 Å². The fourth-order valence-corrected chi connectivity index (χ4v) is 2.36. The smallest absolute Gasteiger partial charge is 0.167 e. The fourth-order valence-electron chi connectivity index (χ4n) is 2.36. The molecule has 3 nitrogen and oxygen atoms in total. The lowest BCUT2D eigenvalue weighted by molar-refractivity contribution is -0.125. The molecule has 3 aliphatic rings. The summed E-state index contributed by atoms with van der Waals surface area (Å²) in [6.07, 6.45) is 1.82. The molecule has 0 radical (unpaired) electrons. The fraction of sp³-hybridized carbons (Fsp3) is 0.900. The highest BCUT2D eigenvalue weighted by Gasteiger charge is 2.65. The van der Waals surface area contributed by atoms with Gasteiger partial charge in [0.25, 0.3) is 0 Å². The Labute approximate surface area is 77.4 Å². The van der Waals surface area contributed by atoms with Gasteiger partial charge in [-0.3, -0.25) is 4.79 Å². The molecule has 0 spiro atoms. The molecule has 0 amide bonds. The van der Waals surface area contributed by atoms with Crippen molar-refractivity contribution in [2.24, 2.45) is 5.92 Å². The second kappa shape index (κ2) is 1.98. The summed E-state index contributed by atoms with van der Waals surface area (Å²) in [6, 6.07) is 0. The Balaban J connectivity index is 1.79. The average molecular weight is 182 g/mol. The van der Waals surface area contributed by atoms with Gasteiger partial charge in [-0.1, -0.05) is 0 Å². The van der Waals surface area contributed by atoms with E-state index < -0.39 is 5.60 Å². The van der Waals surface area contributed by atoms with Crippen molar-refractivity contribution in [1.82, 2.24) is 0 Å². The average Bonchev–Trinajstić information content (AvgIpc) is 2.90. The highest BCUT2D eigenvalue weighted by atomic mass is 16.6. The maximum Gasteiger partial charge on any atom is 0.167 e. The van der Waals surface area contributed by atoms with Gasteiger partial charge < -0.3 is 9.47 Å². The number of hydrogen-bond donors (Lipinski definition) is 0. The summed E-state index contributed by atoms with van der Waals surface area (Å²) < 4.78 is 10.8. The molecular formula is C10H14O3. The second-order valence-electron chi connectivity index (χ2n) is 4.87. The van der Waals surface area contributed by atoms with Crippen LogP contribution in [-0.4, -0.2) is 29.7 Å². The van der Waals surface area contributed by atoms with Crippen molar-refractivity contribution in [3.8, 4) is 0 Å². The highest BCUT2D eigenvalue weighted by Crippen LogP contribution is 2.52. The molecule has 1 saturated carbocycles. The number of epoxide rings is 2. The Morgan fingerprint density at radius 1 is 1.46 bits per heavy atom. The number of carbonyl (C=O) groups is 1. The SMILES string of the molecule is C[C@]1([C@@H]2CC(=O)[C@]3(C)O[C@@H]3C2)CO1. The summed E-state index contributed by atoms with van der Waals surface area (Å²) in [5.74, 6) is 0.658. The minimum Gasteiger partial charge on any atom is -0.370 e. The van der Waals surface area contributed by atoms with E-state index in [4.69, 9.17) is 9.47 Å². The lowest BCUT2D eigenvalue weighted by Gasteiger charge is -2.24. The lowest BCUT2D eigenvalue weighted by Crippen LogP contribution is -2.37. The summed E-state index contributed by atoms with van der Waals surface area (Å²) >= 11 is 0. The topological polar surface area (TPSA) is 42.1 Å². The molecule has 72 valence electrons. The first-order valence-electron chi connectivity index (χ1n) is 4.90. The van der Waals surface area contributed by atoms with Gasteiger partial charge in [0.05, 0.1) is 18.3 Å². The van der Waals surface area contributed by atoms with E-state index in [9.17, 15) is 4.79 Å². The van der Waals surface area contributed by atoms with Crippen molar-refractivity contribution < 1.29 is 14.3 Å². The van der Waals surface area contributed by atoms with Crippen LogP contribution in [-0.2, 0) is 14.3 Å². The third kappa shape index (κ3) is 0.945. The van der Waals surface area contributed by atoms with E-state index in [0.717, 1.165) is 13.0 Å². The molecule has 0 N–H and O–H groups in total. The van der Waals surface area contributed by atoms with E-state index in [2.05, 4.69) is 6.92 Å². The summed E-state index contributed by atoms with van der Waals surface area (Å²) in [5.41, 5.74) is -0.426. The highest BCUT2D eigenvalue weighted by molar-refractivity contribution is 5.91. The van der Waals surface area contributed by atoms with Gasteiger partial charge in [0.15, 0.2) is 5.78 Å². The van der Waals surface area contributed by atoms with E-state index >= 15 is 0 Å². The van der Waals surface area contributed by atoms with Gasteiger partial charge in [-0.2, -0.15) is 0 Å². The molecule has 2 heterocycles. The van der Waals surface area contributed by atoms with E-state index in [1.807, 2.05) is 6.92 Å². The van der Waals surface area contributed by atoms with E-state index in [-0.39, 0.29) is 17.5 Å². The van der Waals surface area contributed by atoms with Crippen LogP contribution in [0.15, 0.2) is 0 Å². The molecule has 0 aromatic heterocycles. The zero-order chi connectivity index (χ0) is 9.27. The number of hydrogen-bond acceptors (Lipinski definition) is 3. The Kier molecular flexibility index (Phi) is 1.21. The van der Waals surface area contributed by atoms with Crippen molar-refractivity contribution in [2.75, 3.05) is 6.61 Å². The number of ketones is 1. The molecule has 3 rings (SSSR count). The quantitative estimate of drug-likeness (QED) is 0.566. The first kappa shape index (κ1) is 7.94. The Morgan fingerprint density at radius 2 is 2.15 bits per heavy atom. The lowest BCUT2D eigenvalue weighted by atomic mass is 9.76. The summed E-state index contributed by atoms with van der Waals surface area (Å²) in [4.78, 5) is 11.7. The van der Waals surface area contributed by atoms with Crippen molar-refractivity contribution >= 4 is 5.78 Å². The van der Waals surface area contributed by atoms with Gasteiger partial charge in [0, 0.05) is 6.42 Å². The van der Waals surface area contributed by atoms with Crippen LogP contribution in [0.3, 0.4) is 0 Å². The van der Waals surface area contributed by atoms with Gasteiger partial charge in [-0.15, -0.1) is 0 Å². The van der Waals surface area contributed by atoms with Crippen LogP contribution in [0.2, 0.25) is 0 Å². The molecule has 1 aliphatic carbocycles. The molecular weight excluding hydrogens is 168 g/mol. The van der Waals surface area contributed by atoms with Gasteiger partial charge >= 0.3 is 0 Å². The zero-order valence-corrected chi connectivity index (χ0v) is 8.00. The second-order valence-corrected chi connectivity index (χ2v) is 4.87. The minimum atomic E-state index is -0.415. The third-order valence-corrected chi connectivity index (χ3v) is 3.89. The number of Topliss-reactive ketones (excluding diaryl/α,β-unsaturated/α-hetero) is 1. The van der Waals surface area contributed by atoms with Crippen molar-refractivity contribution in [3.05, 3.63) is 0 Å². The van der Waals surface area contributed by atoms with Gasteiger partial charge in [0.2, 0.25) is 0 Å². The molecule has 3 heteroatoms. The third-order valence-electron chi connectivity index (χ3n) is 3.89. The van der Waals surface area contributed by atoms with Gasteiger partial charge in [0.1, 0.15) is 5.60 Å². The molecule has 0 aromatic carbocycles. The number of ether oxygens (including phenoxy) is 2. The molecule has 0 unspecified atom stereocenters. The maximum atomic E-state index is 11.7. The number of carbonyl (C=O) groups excluding carboxylic acids is 1. The van der Waals surface area contributed by atoms with Crippen molar-refractivity contribution in [1.29, 1.82) is 0 Å². The van der Waals surface area contributed by atoms with E-state index in [1.54, 1.807) is 0 Å². The van der Waals surface area contributed by atoms with Crippen LogP contribution in [0.1, 0.15) is 26.7 Å². The maximum absolute atomic E-state index is 11.7. The van der Waals surface area contributed by atoms with E-state index in [1.165, 1.54) is 0 Å². The predicted octanol–water partition coefficient (Wildman–Crippen LogP) is 0.912. The predicted molar refractivity (Wildman–Crippen MR) is 45.4 cm³/mol. The monoisotopic (exact) mass is 182 g/mol. The van der Waals surface area contributed by atoms with Gasteiger partial charge in [-0.05, 0) is 26.2 Å². The van der Waals surface area contributed by atoms with E-state index in [0.29, 0.717) is 12.3 Å². The Bertz CT molecular complexity index is 282. The first-order chi connectivity index (χ1) is 6.05. The van der Waals surface area contributed by atoms with Crippen LogP contribution >= 0.6 is 0 Å². The minimum absolute atomic E-state index is 0.0110. The largest absolute Gasteiger partial charge is 0.370 e. The zero-order valence-electron chi connectivity index (χ0n) is 8.00. The molecule has 4 atom stereocenters. The first-order valence-corrected chi connectivity index (χ1v) is 4.90. The number of rotatable bonds is 1. The van der Waals surface area contributed by atoms with Crippen LogP contribution in [0, 0.1) is 5.92 Å². The molecule has 2 aliphatic heterocycles. The van der Waals surface area contributed by atoms with Gasteiger partial charge in [-0.25, -0.2) is 0 Å². The summed E-state index contributed by atoms with van der Waals surface area (Å²) in [6.45, 7) is 4.82. The molecule has 3 fully saturated rings.